The molecule has 0 radical (unpaired) electrons. The zero-order valence-electron chi connectivity index (χ0n) is 17.4. The highest BCUT2D eigenvalue weighted by molar-refractivity contribution is 5.97. The Kier molecular flexibility index (Phi) is 5.02. The third-order valence-electron chi connectivity index (χ3n) is 6.62. The average Bonchev–Trinajstić information content (AvgIpc) is 3.44. The summed E-state index contributed by atoms with van der Waals surface area (Å²) in [5.74, 6) is 0.190. The van der Waals surface area contributed by atoms with Crippen molar-refractivity contribution in [2.24, 2.45) is 0 Å². The number of rotatable bonds is 5. The number of hydrogen-bond donors (Lipinski definition) is 1. The van der Waals surface area contributed by atoms with Crippen LogP contribution < -0.4 is 0 Å². The first kappa shape index (κ1) is 19.5. The van der Waals surface area contributed by atoms with Crippen molar-refractivity contribution in [3.63, 3.8) is 0 Å². The second-order valence-electron chi connectivity index (χ2n) is 8.51. The molecule has 1 aliphatic heterocycles. The van der Waals surface area contributed by atoms with Crippen molar-refractivity contribution in [1.82, 2.24) is 14.9 Å². The van der Waals surface area contributed by atoms with Crippen LogP contribution in [0.25, 0.3) is 6.08 Å². The number of ketones is 1. The van der Waals surface area contributed by atoms with E-state index in [0.717, 1.165) is 37.2 Å². The lowest BCUT2D eigenvalue weighted by Gasteiger charge is -2.39. The summed E-state index contributed by atoms with van der Waals surface area (Å²) in [5, 5.41) is 0. The van der Waals surface area contributed by atoms with Crippen LogP contribution in [0, 0.1) is 0 Å². The molecule has 1 fully saturated rings. The van der Waals surface area contributed by atoms with E-state index >= 15 is 0 Å². The molecular formula is C26H25N3O2. The summed E-state index contributed by atoms with van der Waals surface area (Å²) >= 11 is 0. The van der Waals surface area contributed by atoms with E-state index in [0.29, 0.717) is 18.4 Å². The summed E-state index contributed by atoms with van der Waals surface area (Å²) in [6, 6.07) is 16.0. The standard InChI is InChI=1S/C26H25N3O2/c30-24(16-22-17-27-18-28-22)21-7-5-19(6-8-21)15-25(31)29-13-11-26(12-14-29)10-9-20-3-1-2-4-23(20)26/h1-10,17-18H,11-16H2,(H,27,28). The van der Waals surface area contributed by atoms with Crippen molar-refractivity contribution in [2.45, 2.75) is 31.1 Å². The molecule has 1 amide bonds. The maximum absolute atomic E-state index is 12.9. The van der Waals surface area contributed by atoms with Gasteiger partial charge in [-0.05, 0) is 29.5 Å². The Balaban J connectivity index is 1.18. The zero-order chi connectivity index (χ0) is 21.3. The van der Waals surface area contributed by atoms with Crippen LogP contribution in [-0.4, -0.2) is 39.6 Å². The topological polar surface area (TPSA) is 66.1 Å². The molecule has 2 heterocycles. The van der Waals surface area contributed by atoms with Gasteiger partial charge in [-0.25, -0.2) is 4.98 Å². The summed E-state index contributed by atoms with van der Waals surface area (Å²) in [7, 11) is 0. The van der Waals surface area contributed by atoms with E-state index in [-0.39, 0.29) is 17.1 Å². The summed E-state index contributed by atoms with van der Waals surface area (Å²) in [6.45, 7) is 1.55. The number of hydrogen-bond acceptors (Lipinski definition) is 3. The number of fused-ring (bicyclic) bond motifs is 2. The fraction of sp³-hybridized carbons (Fsp3) is 0.269. The number of aromatic amines is 1. The highest BCUT2D eigenvalue weighted by Crippen LogP contribution is 2.43. The van der Waals surface area contributed by atoms with Gasteiger partial charge in [0.05, 0.1) is 19.2 Å². The number of allylic oxidation sites excluding steroid dienone is 1. The van der Waals surface area contributed by atoms with E-state index in [1.165, 1.54) is 11.1 Å². The Hall–Kier alpha value is -3.47. The van der Waals surface area contributed by atoms with Crippen molar-refractivity contribution < 1.29 is 9.59 Å². The Labute approximate surface area is 181 Å². The van der Waals surface area contributed by atoms with Gasteiger partial charge in [0.1, 0.15) is 0 Å². The van der Waals surface area contributed by atoms with Crippen LogP contribution in [0.1, 0.15) is 45.6 Å². The minimum Gasteiger partial charge on any atom is -0.348 e. The summed E-state index contributed by atoms with van der Waals surface area (Å²) in [6.07, 6.45) is 10.4. The molecule has 1 aromatic heterocycles. The number of benzene rings is 2. The molecule has 2 aromatic carbocycles. The number of amides is 1. The van der Waals surface area contributed by atoms with E-state index in [9.17, 15) is 9.59 Å². The molecule has 5 rings (SSSR count). The minimum atomic E-state index is 0.0355. The molecule has 0 unspecified atom stereocenters. The molecule has 3 aromatic rings. The monoisotopic (exact) mass is 411 g/mol. The molecule has 1 N–H and O–H groups in total. The first-order chi connectivity index (χ1) is 15.1. The predicted molar refractivity (Wildman–Crippen MR) is 120 cm³/mol. The van der Waals surface area contributed by atoms with E-state index in [2.05, 4.69) is 46.4 Å². The van der Waals surface area contributed by atoms with Crippen LogP contribution in [0.3, 0.4) is 0 Å². The van der Waals surface area contributed by atoms with Gasteiger partial charge < -0.3 is 9.88 Å². The molecule has 1 spiro atoms. The maximum atomic E-state index is 12.9. The van der Waals surface area contributed by atoms with Crippen LogP contribution in [0.5, 0.6) is 0 Å². The largest absolute Gasteiger partial charge is 0.348 e. The molecule has 1 aliphatic carbocycles. The Morgan fingerprint density at radius 1 is 1.00 bits per heavy atom. The van der Waals surface area contributed by atoms with Gasteiger partial charge >= 0.3 is 0 Å². The molecule has 0 atom stereocenters. The number of aromatic nitrogens is 2. The summed E-state index contributed by atoms with van der Waals surface area (Å²) < 4.78 is 0. The quantitative estimate of drug-likeness (QED) is 0.646. The molecule has 31 heavy (non-hydrogen) atoms. The first-order valence-corrected chi connectivity index (χ1v) is 10.8. The molecule has 156 valence electrons. The van der Waals surface area contributed by atoms with Gasteiger partial charge in [-0.15, -0.1) is 0 Å². The van der Waals surface area contributed by atoms with Gasteiger partial charge in [0.2, 0.25) is 5.91 Å². The number of imidazole rings is 1. The second kappa shape index (κ2) is 7.99. The number of Topliss-reactive ketones (excluding diaryl/α,β-unsaturated/α-hetero) is 1. The van der Waals surface area contributed by atoms with E-state index in [1.54, 1.807) is 12.5 Å². The molecule has 0 saturated carbocycles. The van der Waals surface area contributed by atoms with E-state index < -0.39 is 0 Å². The number of piperidine rings is 1. The van der Waals surface area contributed by atoms with Crippen molar-refractivity contribution in [3.05, 3.63) is 95.1 Å². The fourth-order valence-electron chi connectivity index (χ4n) is 4.78. The van der Waals surface area contributed by atoms with Gasteiger partial charge in [-0.1, -0.05) is 60.7 Å². The number of likely N-dealkylation sites (tertiary alicyclic amines) is 1. The SMILES string of the molecule is O=C(Cc1cnc[nH]1)c1ccc(CC(=O)N2CCC3(C=Cc4ccccc43)CC2)cc1. The molecule has 2 aliphatic rings. The lowest BCUT2D eigenvalue weighted by atomic mass is 9.74. The lowest BCUT2D eigenvalue weighted by Crippen LogP contribution is -2.44. The number of H-pyrrole nitrogens is 1. The summed E-state index contributed by atoms with van der Waals surface area (Å²) in [5.41, 5.74) is 5.19. The predicted octanol–water partition coefficient (Wildman–Crippen LogP) is 3.96. The normalized spacial score (nSPS) is 16.5. The highest BCUT2D eigenvalue weighted by atomic mass is 16.2. The highest BCUT2D eigenvalue weighted by Gasteiger charge is 2.38. The van der Waals surface area contributed by atoms with Crippen molar-refractivity contribution in [1.29, 1.82) is 0 Å². The van der Waals surface area contributed by atoms with Crippen molar-refractivity contribution in [2.75, 3.05) is 13.1 Å². The maximum Gasteiger partial charge on any atom is 0.226 e. The molecule has 0 bridgehead atoms. The number of carbonyl (C=O) groups is 2. The Bertz CT molecular complexity index is 1120. The van der Waals surface area contributed by atoms with Crippen LogP contribution >= 0.6 is 0 Å². The third kappa shape index (κ3) is 3.83. The van der Waals surface area contributed by atoms with Crippen LogP contribution in [0.2, 0.25) is 0 Å². The number of carbonyl (C=O) groups excluding carboxylic acids is 2. The minimum absolute atomic E-state index is 0.0355. The Morgan fingerprint density at radius 2 is 1.77 bits per heavy atom. The van der Waals surface area contributed by atoms with E-state index in [4.69, 9.17) is 0 Å². The third-order valence-corrected chi connectivity index (χ3v) is 6.62. The molecule has 5 heteroatoms. The smallest absolute Gasteiger partial charge is 0.226 e. The fourth-order valence-corrected chi connectivity index (χ4v) is 4.78. The first-order valence-electron chi connectivity index (χ1n) is 10.8. The second-order valence-corrected chi connectivity index (χ2v) is 8.51. The van der Waals surface area contributed by atoms with Crippen molar-refractivity contribution in [3.8, 4) is 0 Å². The molecular weight excluding hydrogens is 386 g/mol. The van der Waals surface area contributed by atoms with Crippen molar-refractivity contribution >= 4 is 17.8 Å². The molecule has 5 nitrogen and oxygen atoms in total. The zero-order valence-corrected chi connectivity index (χ0v) is 17.4. The van der Waals surface area contributed by atoms with Gasteiger partial charge in [0.15, 0.2) is 5.78 Å². The number of nitrogens with one attached hydrogen (secondary N) is 1. The van der Waals surface area contributed by atoms with Crippen LogP contribution in [-0.2, 0) is 23.1 Å². The van der Waals surface area contributed by atoms with Gasteiger partial charge in [0, 0.05) is 36.0 Å². The van der Waals surface area contributed by atoms with Crippen LogP contribution in [0.15, 0.2) is 67.1 Å². The van der Waals surface area contributed by atoms with Gasteiger partial charge in [-0.3, -0.25) is 9.59 Å². The van der Waals surface area contributed by atoms with Gasteiger partial charge in [0.25, 0.3) is 0 Å². The Morgan fingerprint density at radius 3 is 2.52 bits per heavy atom. The van der Waals surface area contributed by atoms with Crippen LogP contribution in [0.4, 0.5) is 0 Å². The van der Waals surface area contributed by atoms with Gasteiger partial charge in [-0.2, -0.15) is 0 Å². The van der Waals surface area contributed by atoms with E-state index in [1.807, 2.05) is 29.2 Å². The summed E-state index contributed by atoms with van der Waals surface area (Å²) in [4.78, 5) is 34.1. The average molecular weight is 412 g/mol. The number of nitrogens with zero attached hydrogens (tertiary/aromatic N) is 2. The lowest BCUT2D eigenvalue weighted by molar-refractivity contribution is -0.131. The molecule has 1 saturated heterocycles.